The number of hydrogen-bond donors (Lipinski definition) is 1. The van der Waals surface area contributed by atoms with E-state index in [0.29, 0.717) is 12.3 Å². The van der Waals surface area contributed by atoms with E-state index in [-0.39, 0.29) is 5.91 Å². The molecule has 0 bridgehead atoms. The number of benzene rings is 1. The van der Waals surface area contributed by atoms with Crippen LogP contribution < -0.4 is 5.32 Å². The molecule has 0 unspecified atom stereocenters. The van der Waals surface area contributed by atoms with Crippen LogP contribution in [0, 0.1) is 0 Å². The number of nitrogens with zero attached hydrogens (tertiary/aromatic N) is 4. The third-order valence-electron chi connectivity index (χ3n) is 3.99. The van der Waals surface area contributed by atoms with Crippen molar-refractivity contribution < 1.29 is 4.79 Å². The first-order valence-corrected chi connectivity index (χ1v) is 8.53. The summed E-state index contributed by atoms with van der Waals surface area (Å²) >= 11 is 0. The van der Waals surface area contributed by atoms with Gasteiger partial charge < -0.3 is 14.5 Å². The third-order valence-corrected chi connectivity index (χ3v) is 3.99. The van der Waals surface area contributed by atoms with Gasteiger partial charge in [-0.15, -0.1) is 0 Å². The molecule has 25 heavy (non-hydrogen) atoms. The van der Waals surface area contributed by atoms with E-state index in [4.69, 9.17) is 0 Å². The summed E-state index contributed by atoms with van der Waals surface area (Å²) in [6, 6.07) is 7.84. The summed E-state index contributed by atoms with van der Waals surface area (Å²) < 4.78 is 4.04. The Balaban J connectivity index is 1.55. The van der Waals surface area contributed by atoms with Crippen molar-refractivity contribution in [2.24, 2.45) is 0 Å². The monoisotopic (exact) mass is 337 g/mol. The van der Waals surface area contributed by atoms with E-state index < -0.39 is 0 Å². The summed E-state index contributed by atoms with van der Waals surface area (Å²) in [5.74, 6) is 1.40. The van der Waals surface area contributed by atoms with E-state index in [1.54, 1.807) is 12.5 Å². The topological polar surface area (TPSA) is 64.7 Å². The van der Waals surface area contributed by atoms with Crippen LogP contribution in [0.1, 0.15) is 38.4 Å². The minimum absolute atomic E-state index is 0.0263. The second-order valence-corrected chi connectivity index (χ2v) is 6.31. The number of hydrogen-bond acceptors (Lipinski definition) is 3. The van der Waals surface area contributed by atoms with Gasteiger partial charge in [0.1, 0.15) is 5.82 Å². The Labute approximate surface area is 147 Å². The van der Waals surface area contributed by atoms with Crippen LogP contribution >= 0.6 is 0 Å². The number of imidazole rings is 2. The molecule has 6 heteroatoms. The maximum absolute atomic E-state index is 12.0. The van der Waals surface area contributed by atoms with Crippen LogP contribution in [0.15, 0.2) is 55.4 Å². The first kappa shape index (κ1) is 17.0. The standard InChI is InChI=1S/C19H23N5O/c1-15(2)19-21-10-13-24(19)17-7-5-16(6-8-17)22-18(25)4-3-11-23-12-9-20-14-23/h5-10,12-15H,3-4,11H2,1-2H3,(H,22,25). The molecule has 0 fully saturated rings. The van der Waals surface area contributed by atoms with Crippen molar-refractivity contribution in [3.05, 3.63) is 61.2 Å². The molecule has 1 amide bonds. The zero-order valence-electron chi connectivity index (χ0n) is 14.6. The number of carbonyl (C=O) groups is 1. The molecular weight excluding hydrogens is 314 g/mol. The van der Waals surface area contributed by atoms with E-state index in [9.17, 15) is 4.79 Å². The Morgan fingerprint density at radius 1 is 1.16 bits per heavy atom. The van der Waals surface area contributed by atoms with Crippen LogP contribution in [0.3, 0.4) is 0 Å². The number of aromatic nitrogens is 4. The summed E-state index contributed by atoms with van der Waals surface area (Å²) in [4.78, 5) is 20.4. The fourth-order valence-corrected chi connectivity index (χ4v) is 2.73. The van der Waals surface area contributed by atoms with Gasteiger partial charge in [0, 0.05) is 55.0 Å². The Kier molecular flexibility index (Phi) is 5.28. The molecular formula is C19H23N5O. The highest BCUT2D eigenvalue weighted by molar-refractivity contribution is 5.90. The second-order valence-electron chi connectivity index (χ2n) is 6.31. The lowest BCUT2D eigenvalue weighted by molar-refractivity contribution is -0.116. The molecule has 0 aliphatic heterocycles. The summed E-state index contributed by atoms with van der Waals surface area (Å²) in [6.07, 6.45) is 10.4. The van der Waals surface area contributed by atoms with Crippen molar-refractivity contribution in [3.63, 3.8) is 0 Å². The lowest BCUT2D eigenvalue weighted by Crippen LogP contribution is -2.12. The van der Waals surface area contributed by atoms with E-state index >= 15 is 0 Å². The van der Waals surface area contributed by atoms with Gasteiger partial charge in [0.25, 0.3) is 0 Å². The van der Waals surface area contributed by atoms with Gasteiger partial charge in [0.15, 0.2) is 0 Å². The molecule has 0 spiro atoms. The summed E-state index contributed by atoms with van der Waals surface area (Å²) in [5, 5.41) is 2.94. The molecule has 3 rings (SSSR count). The molecule has 0 aliphatic rings. The van der Waals surface area contributed by atoms with Crippen LogP contribution in [0.5, 0.6) is 0 Å². The van der Waals surface area contributed by atoms with Gasteiger partial charge in [-0.25, -0.2) is 9.97 Å². The van der Waals surface area contributed by atoms with Gasteiger partial charge in [-0.1, -0.05) is 13.8 Å². The van der Waals surface area contributed by atoms with Crippen LogP contribution in [0.25, 0.3) is 5.69 Å². The Morgan fingerprint density at radius 2 is 1.96 bits per heavy atom. The molecule has 2 heterocycles. The summed E-state index contributed by atoms with van der Waals surface area (Å²) in [7, 11) is 0. The van der Waals surface area contributed by atoms with Crippen molar-refractivity contribution in [2.75, 3.05) is 5.32 Å². The maximum Gasteiger partial charge on any atom is 0.224 e. The van der Waals surface area contributed by atoms with Crippen molar-refractivity contribution in [3.8, 4) is 5.69 Å². The van der Waals surface area contributed by atoms with Gasteiger partial charge in [-0.3, -0.25) is 4.79 Å². The predicted octanol–water partition coefficient (Wildman–Crippen LogP) is 3.61. The Morgan fingerprint density at radius 3 is 2.64 bits per heavy atom. The van der Waals surface area contributed by atoms with Crippen LogP contribution in [-0.4, -0.2) is 25.0 Å². The fourth-order valence-electron chi connectivity index (χ4n) is 2.73. The van der Waals surface area contributed by atoms with Gasteiger partial charge in [0.2, 0.25) is 5.91 Å². The fraction of sp³-hybridized carbons (Fsp3) is 0.316. The summed E-state index contributed by atoms with van der Waals surface area (Å²) in [5.41, 5.74) is 1.85. The molecule has 2 aromatic heterocycles. The van der Waals surface area contributed by atoms with Crippen LogP contribution in [0.4, 0.5) is 5.69 Å². The lowest BCUT2D eigenvalue weighted by Gasteiger charge is -2.11. The van der Waals surface area contributed by atoms with Crippen molar-refractivity contribution in [1.82, 2.24) is 19.1 Å². The lowest BCUT2D eigenvalue weighted by atomic mass is 10.2. The highest BCUT2D eigenvalue weighted by Crippen LogP contribution is 2.19. The molecule has 1 aromatic carbocycles. The average Bonchev–Trinajstić information content (AvgIpc) is 3.27. The smallest absolute Gasteiger partial charge is 0.224 e. The number of nitrogens with one attached hydrogen (secondary N) is 1. The van der Waals surface area contributed by atoms with Crippen LogP contribution in [-0.2, 0) is 11.3 Å². The van der Waals surface area contributed by atoms with Gasteiger partial charge in [-0.05, 0) is 30.7 Å². The maximum atomic E-state index is 12.0. The molecule has 0 atom stereocenters. The zero-order chi connectivity index (χ0) is 17.6. The van der Waals surface area contributed by atoms with E-state index in [0.717, 1.165) is 30.2 Å². The number of aryl methyl sites for hydroxylation is 1. The van der Waals surface area contributed by atoms with Gasteiger partial charge in [0.05, 0.1) is 6.33 Å². The summed E-state index contributed by atoms with van der Waals surface area (Å²) in [6.45, 7) is 5.04. The molecule has 6 nitrogen and oxygen atoms in total. The van der Waals surface area contributed by atoms with Crippen LogP contribution in [0.2, 0.25) is 0 Å². The number of amides is 1. The Bertz CT molecular complexity index is 803. The highest BCUT2D eigenvalue weighted by atomic mass is 16.1. The number of rotatable bonds is 7. The van der Waals surface area contributed by atoms with E-state index in [2.05, 4.69) is 33.7 Å². The SMILES string of the molecule is CC(C)c1nccn1-c1ccc(NC(=O)CCCn2ccnc2)cc1. The van der Waals surface area contributed by atoms with Crippen molar-refractivity contribution in [2.45, 2.75) is 39.2 Å². The predicted molar refractivity (Wildman–Crippen MR) is 97.7 cm³/mol. The highest BCUT2D eigenvalue weighted by Gasteiger charge is 2.09. The molecule has 0 saturated heterocycles. The largest absolute Gasteiger partial charge is 0.337 e. The quantitative estimate of drug-likeness (QED) is 0.716. The molecule has 1 N–H and O–H groups in total. The molecule has 0 radical (unpaired) electrons. The molecule has 3 aromatic rings. The first-order valence-electron chi connectivity index (χ1n) is 8.53. The zero-order valence-corrected chi connectivity index (χ0v) is 14.6. The minimum Gasteiger partial charge on any atom is -0.337 e. The third kappa shape index (κ3) is 4.35. The first-order chi connectivity index (χ1) is 12.1. The second kappa shape index (κ2) is 7.79. The van der Waals surface area contributed by atoms with Gasteiger partial charge >= 0.3 is 0 Å². The number of anilines is 1. The average molecular weight is 337 g/mol. The molecule has 0 aliphatic carbocycles. The van der Waals surface area contributed by atoms with E-state index in [1.807, 2.05) is 47.4 Å². The van der Waals surface area contributed by atoms with Gasteiger partial charge in [-0.2, -0.15) is 0 Å². The molecule has 130 valence electrons. The van der Waals surface area contributed by atoms with Crippen molar-refractivity contribution in [1.29, 1.82) is 0 Å². The normalized spacial score (nSPS) is 11.0. The number of carbonyl (C=O) groups excluding carboxylic acids is 1. The Hall–Kier alpha value is -2.89. The van der Waals surface area contributed by atoms with Crippen molar-refractivity contribution >= 4 is 11.6 Å². The van der Waals surface area contributed by atoms with E-state index in [1.165, 1.54) is 0 Å². The minimum atomic E-state index is 0.0263. The molecule has 0 saturated carbocycles.